The second-order valence-corrected chi connectivity index (χ2v) is 9.86. The number of aromatic nitrogens is 1. The van der Waals surface area contributed by atoms with E-state index in [0.29, 0.717) is 11.8 Å². The zero-order valence-corrected chi connectivity index (χ0v) is 19.6. The molecule has 0 saturated carbocycles. The molecular weight excluding hydrogens is 386 g/mol. The van der Waals surface area contributed by atoms with E-state index in [2.05, 4.69) is 44.6 Å². The van der Waals surface area contributed by atoms with E-state index in [9.17, 15) is 4.79 Å². The van der Waals surface area contributed by atoms with Gasteiger partial charge in [-0.05, 0) is 96.7 Å². The molecule has 3 fully saturated rings. The van der Waals surface area contributed by atoms with Crippen LogP contribution in [0.2, 0.25) is 0 Å². The van der Waals surface area contributed by atoms with E-state index >= 15 is 0 Å². The Morgan fingerprint density at radius 3 is 2.52 bits per heavy atom. The predicted molar refractivity (Wildman–Crippen MR) is 126 cm³/mol. The van der Waals surface area contributed by atoms with Gasteiger partial charge in [-0.3, -0.25) is 4.79 Å². The van der Waals surface area contributed by atoms with Gasteiger partial charge in [0, 0.05) is 38.4 Å². The molecule has 1 atom stereocenters. The first-order chi connectivity index (χ1) is 15.1. The summed E-state index contributed by atoms with van der Waals surface area (Å²) < 4.78 is 0. The molecule has 31 heavy (non-hydrogen) atoms. The maximum absolute atomic E-state index is 13.4. The lowest BCUT2D eigenvalue weighted by Gasteiger charge is -2.42. The summed E-state index contributed by atoms with van der Waals surface area (Å²) in [6.45, 7) is 10.6. The van der Waals surface area contributed by atoms with Gasteiger partial charge in [0.25, 0.3) is 0 Å². The van der Waals surface area contributed by atoms with Crippen molar-refractivity contribution in [2.45, 2.75) is 51.5 Å². The summed E-state index contributed by atoms with van der Waals surface area (Å²) in [6.07, 6.45) is 9.02. The molecule has 1 amide bonds. The summed E-state index contributed by atoms with van der Waals surface area (Å²) >= 11 is 0. The number of anilines is 1. The molecule has 172 valence electrons. The molecule has 3 saturated heterocycles. The molecule has 3 aliphatic heterocycles. The summed E-state index contributed by atoms with van der Waals surface area (Å²) in [6, 6.07) is 6.82. The highest BCUT2D eigenvalue weighted by Gasteiger charge is 2.32. The monoisotopic (exact) mass is 427 g/mol. The molecule has 0 N–H and O–H groups in total. The van der Waals surface area contributed by atoms with E-state index in [-0.39, 0.29) is 5.92 Å². The van der Waals surface area contributed by atoms with Gasteiger partial charge in [-0.1, -0.05) is 6.07 Å². The van der Waals surface area contributed by atoms with Crippen molar-refractivity contribution >= 4 is 11.7 Å². The first kappa shape index (κ1) is 22.5. The number of hydrogen-bond donors (Lipinski definition) is 0. The molecule has 0 spiro atoms. The van der Waals surface area contributed by atoms with Crippen molar-refractivity contribution in [1.82, 2.24) is 19.7 Å². The topological polar surface area (TPSA) is 42.9 Å². The highest BCUT2D eigenvalue weighted by Crippen LogP contribution is 2.26. The smallest absolute Gasteiger partial charge is 0.227 e. The maximum atomic E-state index is 13.4. The standard InChI is InChI=1S/C25H41N5O/c1-3-28(19-21-9-17-29(18-10-21)23-11-15-27(2)16-12-23)25(31)22-7-6-14-30(20-22)24-8-4-5-13-26-24/h4-5,8,13,21-23H,3,6-7,9-12,14-20H2,1-2H3/t22-/m0/s1. The van der Waals surface area contributed by atoms with Gasteiger partial charge in [0.05, 0.1) is 5.92 Å². The molecule has 0 unspecified atom stereocenters. The number of amides is 1. The Balaban J connectivity index is 1.26. The van der Waals surface area contributed by atoms with Crippen molar-refractivity contribution in [2.75, 3.05) is 64.3 Å². The minimum absolute atomic E-state index is 0.107. The summed E-state index contributed by atoms with van der Waals surface area (Å²) in [7, 11) is 2.24. The normalized spacial score (nSPS) is 25.0. The quantitative estimate of drug-likeness (QED) is 0.698. The summed E-state index contributed by atoms with van der Waals surface area (Å²) in [5.74, 6) is 2.13. The average Bonchev–Trinajstić information content (AvgIpc) is 2.84. The van der Waals surface area contributed by atoms with Crippen molar-refractivity contribution < 1.29 is 4.79 Å². The third-order valence-electron chi connectivity index (χ3n) is 7.77. The van der Waals surface area contributed by atoms with Gasteiger partial charge in [0.15, 0.2) is 0 Å². The van der Waals surface area contributed by atoms with E-state index in [4.69, 9.17) is 0 Å². The van der Waals surface area contributed by atoms with E-state index in [1.807, 2.05) is 18.3 Å². The third kappa shape index (κ3) is 5.78. The summed E-state index contributed by atoms with van der Waals surface area (Å²) in [5, 5.41) is 0. The van der Waals surface area contributed by atoms with Gasteiger partial charge in [0.1, 0.15) is 5.82 Å². The van der Waals surface area contributed by atoms with Crippen LogP contribution in [0.3, 0.4) is 0 Å². The number of pyridine rings is 1. The summed E-state index contributed by atoms with van der Waals surface area (Å²) in [5.41, 5.74) is 0. The van der Waals surface area contributed by atoms with E-state index in [0.717, 1.165) is 50.9 Å². The van der Waals surface area contributed by atoms with Gasteiger partial charge in [-0.15, -0.1) is 0 Å². The van der Waals surface area contributed by atoms with Gasteiger partial charge < -0.3 is 19.6 Å². The lowest BCUT2D eigenvalue weighted by atomic mass is 9.91. The second-order valence-electron chi connectivity index (χ2n) is 9.86. The number of rotatable bonds is 6. The molecule has 4 rings (SSSR count). The van der Waals surface area contributed by atoms with Gasteiger partial charge in [0.2, 0.25) is 5.91 Å². The number of hydrogen-bond acceptors (Lipinski definition) is 5. The number of carbonyl (C=O) groups excluding carboxylic acids is 1. The average molecular weight is 428 g/mol. The maximum Gasteiger partial charge on any atom is 0.227 e. The zero-order chi connectivity index (χ0) is 21.6. The minimum Gasteiger partial charge on any atom is -0.356 e. The lowest BCUT2D eigenvalue weighted by Crippen LogP contribution is -2.49. The van der Waals surface area contributed by atoms with Crippen molar-refractivity contribution in [3.8, 4) is 0 Å². The van der Waals surface area contributed by atoms with Crippen LogP contribution in [0.25, 0.3) is 0 Å². The highest BCUT2D eigenvalue weighted by atomic mass is 16.2. The van der Waals surface area contributed by atoms with E-state index in [1.165, 1.54) is 51.9 Å². The SMILES string of the molecule is CCN(CC1CCN(C2CCN(C)CC2)CC1)C(=O)[C@H]1CCCN(c2ccccn2)C1. The van der Waals surface area contributed by atoms with Crippen LogP contribution in [0.5, 0.6) is 0 Å². The van der Waals surface area contributed by atoms with E-state index < -0.39 is 0 Å². The van der Waals surface area contributed by atoms with Crippen molar-refractivity contribution in [3.63, 3.8) is 0 Å². The fourth-order valence-electron chi connectivity index (χ4n) is 5.73. The largest absolute Gasteiger partial charge is 0.356 e. The zero-order valence-electron chi connectivity index (χ0n) is 19.6. The Kier molecular flexibility index (Phi) is 7.83. The lowest BCUT2D eigenvalue weighted by molar-refractivity contribution is -0.136. The predicted octanol–water partition coefficient (Wildman–Crippen LogP) is 2.95. The molecule has 6 heteroatoms. The number of nitrogens with zero attached hydrogens (tertiary/aromatic N) is 5. The molecule has 0 aliphatic carbocycles. The molecule has 3 aliphatic rings. The number of likely N-dealkylation sites (tertiary alicyclic amines) is 2. The number of carbonyl (C=O) groups is 1. The van der Waals surface area contributed by atoms with Crippen LogP contribution in [0, 0.1) is 11.8 Å². The fraction of sp³-hybridized carbons (Fsp3) is 0.760. The third-order valence-corrected chi connectivity index (χ3v) is 7.77. The first-order valence-electron chi connectivity index (χ1n) is 12.5. The highest BCUT2D eigenvalue weighted by molar-refractivity contribution is 5.79. The van der Waals surface area contributed by atoms with Crippen molar-refractivity contribution in [2.24, 2.45) is 11.8 Å². The molecular formula is C25H41N5O. The Labute approximate surface area is 188 Å². The molecule has 0 aromatic carbocycles. The Morgan fingerprint density at radius 1 is 1.06 bits per heavy atom. The van der Waals surface area contributed by atoms with Crippen LogP contribution in [0.1, 0.15) is 45.4 Å². The van der Waals surface area contributed by atoms with Crippen LogP contribution in [-0.2, 0) is 4.79 Å². The van der Waals surface area contributed by atoms with Crippen molar-refractivity contribution in [3.05, 3.63) is 24.4 Å². The van der Waals surface area contributed by atoms with Crippen LogP contribution in [0.15, 0.2) is 24.4 Å². The fourth-order valence-corrected chi connectivity index (χ4v) is 5.73. The molecule has 1 aromatic heterocycles. The van der Waals surface area contributed by atoms with Crippen LogP contribution < -0.4 is 4.90 Å². The van der Waals surface area contributed by atoms with Crippen LogP contribution in [0.4, 0.5) is 5.82 Å². The molecule has 1 aromatic rings. The van der Waals surface area contributed by atoms with Gasteiger partial charge in [-0.25, -0.2) is 4.98 Å². The Hall–Kier alpha value is -1.66. The minimum atomic E-state index is 0.107. The van der Waals surface area contributed by atoms with Crippen molar-refractivity contribution in [1.29, 1.82) is 0 Å². The molecule has 4 heterocycles. The number of piperidine rings is 3. The summed E-state index contributed by atoms with van der Waals surface area (Å²) in [4.78, 5) is 27.5. The van der Waals surface area contributed by atoms with Crippen LogP contribution in [-0.4, -0.2) is 91.0 Å². The molecule has 0 radical (unpaired) electrons. The van der Waals surface area contributed by atoms with Crippen LogP contribution >= 0.6 is 0 Å². The van der Waals surface area contributed by atoms with E-state index in [1.54, 1.807) is 0 Å². The second kappa shape index (κ2) is 10.8. The Bertz CT molecular complexity index is 682. The Morgan fingerprint density at radius 2 is 1.84 bits per heavy atom. The van der Waals surface area contributed by atoms with Gasteiger partial charge >= 0.3 is 0 Å². The van der Waals surface area contributed by atoms with Gasteiger partial charge in [-0.2, -0.15) is 0 Å². The molecule has 0 bridgehead atoms. The first-order valence-corrected chi connectivity index (χ1v) is 12.5. The molecule has 6 nitrogen and oxygen atoms in total.